The van der Waals surface area contributed by atoms with Crippen LogP contribution in [0.5, 0.6) is 0 Å². The summed E-state index contributed by atoms with van der Waals surface area (Å²) in [5, 5.41) is 1.08. The number of imidazole rings is 1. The third-order valence-corrected chi connectivity index (χ3v) is 5.22. The van der Waals surface area contributed by atoms with Gasteiger partial charge in [0.1, 0.15) is 0 Å². The summed E-state index contributed by atoms with van der Waals surface area (Å²) in [5.74, 6) is 0. The molecule has 1 unspecified atom stereocenters. The highest BCUT2D eigenvalue weighted by molar-refractivity contribution is 8.13. The minimum Gasteiger partial charge on any atom is -0.322 e. The average Bonchev–Trinajstić information content (AvgIpc) is 3.00. The Bertz CT molecular complexity index is 650. The number of hydrogen-bond acceptors (Lipinski definition) is 3. The van der Waals surface area contributed by atoms with Crippen molar-refractivity contribution < 1.29 is 4.79 Å². The lowest BCUT2D eigenvalue weighted by Crippen LogP contribution is -2.19. The van der Waals surface area contributed by atoms with Crippen molar-refractivity contribution in [2.24, 2.45) is 0 Å². The van der Waals surface area contributed by atoms with Gasteiger partial charge in [-0.25, -0.2) is 4.98 Å². The van der Waals surface area contributed by atoms with Gasteiger partial charge < -0.3 is 4.57 Å². The van der Waals surface area contributed by atoms with E-state index in [1.54, 1.807) is 0 Å². The Balaban J connectivity index is 1.71. The molecule has 0 radical (unpaired) electrons. The molecule has 0 fully saturated rings. The van der Waals surface area contributed by atoms with Crippen LogP contribution >= 0.6 is 11.8 Å². The standard InChI is InChI=1S/C18H22N2OS/c1-2-3-8-17(21)22-18-19-11-12-20(18)16-10-9-14-6-4-5-7-15(14)13-16/h4-7,11-12,16H,2-3,8-10,13H2,1H3. The zero-order chi connectivity index (χ0) is 15.4. The van der Waals surface area contributed by atoms with Gasteiger partial charge in [-0.2, -0.15) is 0 Å². The van der Waals surface area contributed by atoms with Crippen molar-refractivity contribution in [2.75, 3.05) is 0 Å². The lowest BCUT2D eigenvalue weighted by Gasteiger charge is -2.26. The van der Waals surface area contributed by atoms with Gasteiger partial charge in [-0.1, -0.05) is 37.6 Å². The van der Waals surface area contributed by atoms with Crippen LogP contribution in [0.1, 0.15) is 49.8 Å². The number of carbonyl (C=O) groups is 1. The number of carbonyl (C=O) groups excluding carboxylic acids is 1. The highest BCUT2D eigenvalue weighted by Gasteiger charge is 2.22. The SMILES string of the molecule is CCCCC(=O)Sc1nccn1C1CCc2ccccc2C1. The van der Waals surface area contributed by atoms with E-state index < -0.39 is 0 Å². The van der Waals surface area contributed by atoms with Gasteiger partial charge in [-0.15, -0.1) is 0 Å². The maximum Gasteiger partial charge on any atom is 0.196 e. The average molecular weight is 314 g/mol. The Morgan fingerprint density at radius 3 is 3.00 bits per heavy atom. The first kappa shape index (κ1) is 15.3. The van der Waals surface area contributed by atoms with Crippen molar-refractivity contribution in [1.82, 2.24) is 9.55 Å². The first-order valence-electron chi connectivity index (χ1n) is 8.08. The van der Waals surface area contributed by atoms with Crippen LogP contribution in [0.3, 0.4) is 0 Å². The molecule has 0 spiro atoms. The number of benzene rings is 1. The van der Waals surface area contributed by atoms with Crippen LogP contribution in [0.15, 0.2) is 41.8 Å². The third kappa shape index (κ3) is 3.43. The van der Waals surface area contributed by atoms with E-state index in [-0.39, 0.29) is 5.12 Å². The molecule has 0 aliphatic heterocycles. The second-order valence-electron chi connectivity index (χ2n) is 5.86. The molecule has 1 aliphatic rings. The minimum absolute atomic E-state index is 0.227. The van der Waals surface area contributed by atoms with Crippen molar-refractivity contribution in [3.8, 4) is 0 Å². The summed E-state index contributed by atoms with van der Waals surface area (Å²) in [4.78, 5) is 16.4. The molecule has 3 nitrogen and oxygen atoms in total. The molecule has 0 saturated heterocycles. The van der Waals surface area contributed by atoms with E-state index in [1.165, 1.54) is 22.9 Å². The molecular formula is C18H22N2OS. The molecule has 1 aliphatic carbocycles. The molecule has 1 atom stereocenters. The van der Waals surface area contributed by atoms with Crippen molar-refractivity contribution in [1.29, 1.82) is 0 Å². The lowest BCUT2D eigenvalue weighted by atomic mass is 9.88. The van der Waals surface area contributed by atoms with E-state index in [2.05, 4.69) is 40.7 Å². The fourth-order valence-electron chi connectivity index (χ4n) is 3.05. The monoisotopic (exact) mass is 314 g/mol. The van der Waals surface area contributed by atoms with E-state index in [0.717, 1.165) is 37.3 Å². The third-order valence-electron chi connectivity index (χ3n) is 4.29. The molecule has 116 valence electrons. The predicted octanol–water partition coefficient (Wildman–Crippen LogP) is 4.42. The molecule has 0 N–H and O–H groups in total. The summed E-state index contributed by atoms with van der Waals surface area (Å²) in [5.41, 5.74) is 2.90. The second kappa shape index (κ2) is 7.14. The van der Waals surface area contributed by atoms with Crippen LogP contribution in [-0.2, 0) is 17.6 Å². The second-order valence-corrected chi connectivity index (χ2v) is 6.88. The number of hydrogen-bond donors (Lipinski definition) is 0. The van der Waals surface area contributed by atoms with E-state index in [4.69, 9.17) is 0 Å². The summed E-state index contributed by atoms with van der Waals surface area (Å²) < 4.78 is 2.20. The summed E-state index contributed by atoms with van der Waals surface area (Å²) in [6.07, 6.45) is 9.75. The Morgan fingerprint density at radius 1 is 1.36 bits per heavy atom. The van der Waals surface area contributed by atoms with E-state index in [0.29, 0.717) is 12.5 Å². The van der Waals surface area contributed by atoms with Crippen LogP contribution in [0.4, 0.5) is 0 Å². The Morgan fingerprint density at radius 2 is 2.18 bits per heavy atom. The number of thioether (sulfide) groups is 1. The van der Waals surface area contributed by atoms with Crippen molar-refractivity contribution in [3.63, 3.8) is 0 Å². The summed E-state index contributed by atoms with van der Waals surface area (Å²) in [6.45, 7) is 2.11. The van der Waals surface area contributed by atoms with Gasteiger partial charge in [0.2, 0.25) is 0 Å². The number of nitrogens with zero attached hydrogens (tertiary/aromatic N) is 2. The van der Waals surface area contributed by atoms with Gasteiger partial charge in [-0.05, 0) is 48.6 Å². The maximum atomic E-state index is 12.0. The van der Waals surface area contributed by atoms with Crippen LogP contribution in [-0.4, -0.2) is 14.7 Å². The maximum absolute atomic E-state index is 12.0. The highest BCUT2D eigenvalue weighted by Crippen LogP contribution is 2.32. The van der Waals surface area contributed by atoms with Gasteiger partial charge in [0.05, 0.1) is 0 Å². The number of aryl methyl sites for hydroxylation is 1. The molecule has 1 aromatic heterocycles. The smallest absolute Gasteiger partial charge is 0.196 e. The highest BCUT2D eigenvalue weighted by atomic mass is 32.2. The van der Waals surface area contributed by atoms with Crippen molar-refractivity contribution >= 4 is 16.9 Å². The molecule has 2 aromatic rings. The Labute approximate surface area is 136 Å². The molecule has 3 rings (SSSR count). The fourth-order valence-corrected chi connectivity index (χ4v) is 3.93. The van der Waals surface area contributed by atoms with Crippen molar-refractivity contribution in [3.05, 3.63) is 47.8 Å². The Kier molecular flexibility index (Phi) is 4.98. The molecule has 1 heterocycles. The number of aromatic nitrogens is 2. The molecule has 4 heteroatoms. The number of fused-ring (bicyclic) bond motifs is 1. The molecule has 1 aromatic carbocycles. The normalized spacial score (nSPS) is 17.2. The molecular weight excluding hydrogens is 292 g/mol. The van der Waals surface area contributed by atoms with Gasteiger partial charge in [0.15, 0.2) is 10.3 Å². The molecule has 0 bridgehead atoms. The number of rotatable bonds is 5. The van der Waals surface area contributed by atoms with Crippen LogP contribution in [0.25, 0.3) is 0 Å². The first-order chi connectivity index (χ1) is 10.8. The lowest BCUT2D eigenvalue weighted by molar-refractivity contribution is -0.111. The molecule has 0 amide bonds. The van der Waals surface area contributed by atoms with E-state index >= 15 is 0 Å². The van der Waals surface area contributed by atoms with Gasteiger partial charge >= 0.3 is 0 Å². The summed E-state index contributed by atoms with van der Waals surface area (Å²) >= 11 is 1.30. The topological polar surface area (TPSA) is 34.9 Å². The fraction of sp³-hybridized carbons (Fsp3) is 0.444. The van der Waals surface area contributed by atoms with Crippen LogP contribution in [0, 0.1) is 0 Å². The van der Waals surface area contributed by atoms with Gasteiger partial charge in [0, 0.05) is 24.9 Å². The van der Waals surface area contributed by atoms with E-state index in [9.17, 15) is 4.79 Å². The van der Waals surface area contributed by atoms with E-state index in [1.807, 2.05) is 12.4 Å². The molecule has 0 saturated carbocycles. The quantitative estimate of drug-likeness (QED) is 0.766. The summed E-state index contributed by atoms with van der Waals surface area (Å²) in [7, 11) is 0. The largest absolute Gasteiger partial charge is 0.322 e. The minimum atomic E-state index is 0.227. The zero-order valence-electron chi connectivity index (χ0n) is 13.0. The van der Waals surface area contributed by atoms with Gasteiger partial charge in [-0.3, -0.25) is 4.79 Å². The Hall–Kier alpha value is -1.55. The molecule has 22 heavy (non-hydrogen) atoms. The summed E-state index contributed by atoms with van der Waals surface area (Å²) in [6, 6.07) is 9.09. The first-order valence-corrected chi connectivity index (χ1v) is 8.90. The van der Waals surface area contributed by atoms with Gasteiger partial charge in [0.25, 0.3) is 0 Å². The van der Waals surface area contributed by atoms with Crippen molar-refractivity contribution in [2.45, 2.75) is 56.6 Å². The van der Waals surface area contributed by atoms with Crippen LogP contribution < -0.4 is 0 Å². The number of unbranched alkanes of at least 4 members (excludes halogenated alkanes) is 1. The van der Waals surface area contributed by atoms with Crippen LogP contribution in [0.2, 0.25) is 0 Å². The zero-order valence-corrected chi connectivity index (χ0v) is 13.8. The predicted molar refractivity (Wildman–Crippen MR) is 90.1 cm³/mol.